The van der Waals surface area contributed by atoms with E-state index in [1.807, 2.05) is 0 Å². The standard InChI is InChI=1S/C17H13F2NO3/c1-22-14-8-3-2-5-10(14)17-12(9-21)16(20-23-17)11-6-4-7-13(18)15(11)19/h2-8,21H,9H2,1H3. The van der Waals surface area contributed by atoms with E-state index in [1.165, 1.54) is 19.2 Å². The monoisotopic (exact) mass is 317 g/mol. The van der Waals surface area contributed by atoms with Crippen molar-refractivity contribution >= 4 is 0 Å². The largest absolute Gasteiger partial charge is 0.496 e. The normalized spacial score (nSPS) is 10.8. The Kier molecular flexibility index (Phi) is 4.08. The zero-order valence-electron chi connectivity index (χ0n) is 12.2. The highest BCUT2D eigenvalue weighted by Crippen LogP contribution is 2.37. The first-order valence-corrected chi connectivity index (χ1v) is 6.84. The van der Waals surface area contributed by atoms with Crippen LogP contribution in [-0.4, -0.2) is 17.4 Å². The van der Waals surface area contributed by atoms with E-state index < -0.39 is 18.2 Å². The molecule has 0 aliphatic rings. The molecule has 0 radical (unpaired) electrons. The molecule has 0 unspecified atom stereocenters. The number of ether oxygens (including phenoxy) is 1. The lowest BCUT2D eigenvalue weighted by molar-refractivity contribution is 0.281. The van der Waals surface area contributed by atoms with Crippen LogP contribution in [0.5, 0.6) is 5.75 Å². The van der Waals surface area contributed by atoms with E-state index in [1.54, 1.807) is 24.3 Å². The quantitative estimate of drug-likeness (QED) is 0.795. The van der Waals surface area contributed by atoms with Gasteiger partial charge in [-0.25, -0.2) is 8.78 Å². The van der Waals surface area contributed by atoms with Gasteiger partial charge in [-0.15, -0.1) is 0 Å². The summed E-state index contributed by atoms with van der Waals surface area (Å²) in [5.41, 5.74) is 0.818. The predicted octanol–water partition coefficient (Wildman–Crippen LogP) is 3.79. The van der Waals surface area contributed by atoms with Crippen molar-refractivity contribution < 1.29 is 23.1 Å². The molecule has 1 N–H and O–H groups in total. The number of hydrogen-bond acceptors (Lipinski definition) is 4. The molecule has 23 heavy (non-hydrogen) atoms. The predicted molar refractivity (Wildman–Crippen MR) is 79.8 cm³/mol. The van der Waals surface area contributed by atoms with Gasteiger partial charge in [0.1, 0.15) is 11.4 Å². The second-order valence-corrected chi connectivity index (χ2v) is 4.80. The minimum absolute atomic E-state index is 0.0606. The zero-order valence-corrected chi connectivity index (χ0v) is 12.2. The summed E-state index contributed by atoms with van der Waals surface area (Å²) in [5, 5.41) is 13.5. The van der Waals surface area contributed by atoms with Gasteiger partial charge in [-0.2, -0.15) is 0 Å². The third-order valence-corrected chi connectivity index (χ3v) is 3.50. The smallest absolute Gasteiger partial charge is 0.176 e. The number of methoxy groups -OCH3 is 1. The van der Waals surface area contributed by atoms with E-state index in [4.69, 9.17) is 9.26 Å². The van der Waals surface area contributed by atoms with Crippen LogP contribution in [0, 0.1) is 11.6 Å². The van der Waals surface area contributed by atoms with Gasteiger partial charge in [-0.05, 0) is 24.3 Å². The van der Waals surface area contributed by atoms with Crippen LogP contribution in [0.2, 0.25) is 0 Å². The van der Waals surface area contributed by atoms with E-state index >= 15 is 0 Å². The fraction of sp³-hybridized carbons (Fsp3) is 0.118. The summed E-state index contributed by atoms with van der Waals surface area (Å²) >= 11 is 0. The Labute approximate surface area is 130 Å². The summed E-state index contributed by atoms with van der Waals surface area (Å²) in [6.45, 7) is -0.442. The lowest BCUT2D eigenvalue weighted by atomic mass is 10.0. The van der Waals surface area contributed by atoms with Crippen molar-refractivity contribution in [2.75, 3.05) is 7.11 Å². The van der Waals surface area contributed by atoms with Gasteiger partial charge in [0.05, 0.1) is 24.8 Å². The number of aliphatic hydroxyl groups excluding tert-OH is 1. The van der Waals surface area contributed by atoms with Crippen LogP contribution in [0.25, 0.3) is 22.6 Å². The number of benzene rings is 2. The van der Waals surface area contributed by atoms with Crippen molar-refractivity contribution in [2.24, 2.45) is 0 Å². The zero-order chi connectivity index (χ0) is 16.4. The molecule has 2 aromatic carbocycles. The van der Waals surface area contributed by atoms with Crippen molar-refractivity contribution in [3.63, 3.8) is 0 Å². The molecule has 1 heterocycles. The van der Waals surface area contributed by atoms with E-state index in [0.717, 1.165) is 6.07 Å². The molecule has 4 nitrogen and oxygen atoms in total. The minimum atomic E-state index is -1.04. The molecular formula is C17H13F2NO3. The van der Waals surface area contributed by atoms with Gasteiger partial charge in [0.15, 0.2) is 17.4 Å². The summed E-state index contributed by atoms with van der Waals surface area (Å²) in [6.07, 6.45) is 0. The molecule has 0 saturated heterocycles. The lowest BCUT2D eigenvalue weighted by Gasteiger charge is -2.07. The van der Waals surface area contributed by atoms with E-state index in [0.29, 0.717) is 11.3 Å². The van der Waals surface area contributed by atoms with Gasteiger partial charge in [-0.1, -0.05) is 23.4 Å². The summed E-state index contributed by atoms with van der Waals surface area (Å²) < 4.78 is 38.0. The minimum Gasteiger partial charge on any atom is -0.496 e. The van der Waals surface area contributed by atoms with Crippen molar-refractivity contribution in [3.05, 3.63) is 59.7 Å². The maximum atomic E-state index is 14.0. The topological polar surface area (TPSA) is 55.5 Å². The highest BCUT2D eigenvalue weighted by atomic mass is 19.2. The highest BCUT2D eigenvalue weighted by Gasteiger charge is 2.23. The number of nitrogens with zero attached hydrogens (tertiary/aromatic N) is 1. The van der Waals surface area contributed by atoms with Crippen LogP contribution < -0.4 is 4.74 Å². The Balaban J connectivity index is 2.20. The molecule has 1 aromatic heterocycles. The summed E-state index contributed by atoms with van der Waals surface area (Å²) in [5.74, 6) is -1.26. The first-order chi connectivity index (χ1) is 11.2. The maximum absolute atomic E-state index is 14.0. The van der Waals surface area contributed by atoms with E-state index in [2.05, 4.69) is 5.16 Å². The number of hydrogen-bond donors (Lipinski definition) is 1. The fourth-order valence-electron chi connectivity index (χ4n) is 2.40. The Morgan fingerprint density at radius 1 is 1.09 bits per heavy atom. The molecule has 6 heteroatoms. The van der Waals surface area contributed by atoms with Crippen molar-refractivity contribution in [1.29, 1.82) is 0 Å². The van der Waals surface area contributed by atoms with Crippen LogP contribution in [0.4, 0.5) is 8.78 Å². The van der Waals surface area contributed by atoms with Crippen LogP contribution in [0.1, 0.15) is 5.56 Å². The Hall–Kier alpha value is -2.73. The highest BCUT2D eigenvalue weighted by molar-refractivity contribution is 5.75. The molecule has 3 aromatic rings. The molecule has 0 amide bonds. The Morgan fingerprint density at radius 2 is 1.83 bits per heavy atom. The second-order valence-electron chi connectivity index (χ2n) is 4.80. The van der Waals surface area contributed by atoms with Gasteiger partial charge in [0.25, 0.3) is 0 Å². The van der Waals surface area contributed by atoms with Gasteiger partial charge in [0, 0.05) is 5.56 Å². The molecule has 0 fully saturated rings. The van der Waals surface area contributed by atoms with Crippen molar-refractivity contribution in [1.82, 2.24) is 5.16 Å². The fourth-order valence-corrected chi connectivity index (χ4v) is 2.40. The van der Waals surface area contributed by atoms with Gasteiger partial charge < -0.3 is 14.4 Å². The average Bonchev–Trinajstić information content (AvgIpc) is 3.00. The number of para-hydroxylation sites is 1. The number of aromatic nitrogens is 1. The summed E-state index contributed by atoms with van der Waals surface area (Å²) in [7, 11) is 1.50. The maximum Gasteiger partial charge on any atom is 0.176 e. The first-order valence-electron chi connectivity index (χ1n) is 6.84. The summed E-state index contributed by atoms with van der Waals surface area (Å²) in [6, 6.07) is 10.8. The molecule has 0 bridgehead atoms. The average molecular weight is 317 g/mol. The van der Waals surface area contributed by atoms with Crippen LogP contribution >= 0.6 is 0 Å². The number of halogens is 2. The van der Waals surface area contributed by atoms with Crippen molar-refractivity contribution in [3.8, 4) is 28.3 Å². The molecule has 0 spiro atoms. The van der Waals surface area contributed by atoms with Gasteiger partial charge in [0.2, 0.25) is 0 Å². The van der Waals surface area contributed by atoms with Gasteiger partial charge in [-0.3, -0.25) is 0 Å². The molecule has 0 atom stereocenters. The van der Waals surface area contributed by atoms with Gasteiger partial charge >= 0.3 is 0 Å². The molecule has 118 valence electrons. The lowest BCUT2D eigenvalue weighted by Crippen LogP contribution is -1.94. The first kappa shape index (κ1) is 15.2. The molecule has 3 rings (SSSR count). The van der Waals surface area contributed by atoms with Crippen molar-refractivity contribution in [2.45, 2.75) is 6.61 Å². The third kappa shape index (κ3) is 2.57. The second kappa shape index (κ2) is 6.18. The summed E-state index contributed by atoms with van der Waals surface area (Å²) in [4.78, 5) is 0. The molecule has 0 aliphatic carbocycles. The Morgan fingerprint density at radius 3 is 2.57 bits per heavy atom. The van der Waals surface area contributed by atoms with Crippen LogP contribution in [0.15, 0.2) is 47.0 Å². The van der Waals surface area contributed by atoms with E-state index in [9.17, 15) is 13.9 Å². The van der Waals surface area contributed by atoms with Crippen LogP contribution in [-0.2, 0) is 6.61 Å². The SMILES string of the molecule is COc1ccccc1-c1onc(-c2cccc(F)c2F)c1CO. The van der Waals surface area contributed by atoms with Crippen LogP contribution in [0.3, 0.4) is 0 Å². The Bertz CT molecular complexity index is 846. The van der Waals surface area contributed by atoms with E-state index in [-0.39, 0.29) is 22.6 Å². The number of rotatable bonds is 4. The molecule has 0 saturated carbocycles. The third-order valence-electron chi connectivity index (χ3n) is 3.50. The molecular weight excluding hydrogens is 304 g/mol. The molecule has 0 aliphatic heterocycles. The number of aliphatic hydroxyl groups is 1.